The van der Waals surface area contributed by atoms with E-state index in [1.807, 2.05) is 37.3 Å². The Morgan fingerprint density at radius 2 is 1.88 bits per heavy atom. The number of nitrogens with zero attached hydrogens (tertiary/aromatic N) is 1. The van der Waals surface area contributed by atoms with Gasteiger partial charge in [0, 0.05) is 16.6 Å². The van der Waals surface area contributed by atoms with Crippen molar-refractivity contribution in [2.24, 2.45) is 0 Å². The Balaban J connectivity index is 1.63. The minimum absolute atomic E-state index is 0.0701. The SMILES string of the molecule is C[C@@H](CCc1ccccc1)NC(=O)c1cn[nH]c1-c1ccc(Cl)cc1. The van der Waals surface area contributed by atoms with Gasteiger partial charge in [0.1, 0.15) is 0 Å². The zero-order valence-electron chi connectivity index (χ0n) is 14.0. The Morgan fingerprint density at radius 3 is 2.60 bits per heavy atom. The van der Waals surface area contributed by atoms with E-state index in [4.69, 9.17) is 11.6 Å². The third-order valence-electron chi connectivity index (χ3n) is 4.10. The van der Waals surface area contributed by atoms with E-state index in [-0.39, 0.29) is 11.9 Å². The van der Waals surface area contributed by atoms with Crippen molar-refractivity contribution in [2.45, 2.75) is 25.8 Å². The fourth-order valence-corrected chi connectivity index (χ4v) is 2.82. The van der Waals surface area contributed by atoms with Gasteiger partial charge in [0.2, 0.25) is 0 Å². The van der Waals surface area contributed by atoms with Crippen LogP contribution in [-0.4, -0.2) is 22.1 Å². The topological polar surface area (TPSA) is 57.8 Å². The summed E-state index contributed by atoms with van der Waals surface area (Å²) in [5.74, 6) is -0.126. The van der Waals surface area contributed by atoms with E-state index in [0.717, 1.165) is 18.4 Å². The number of H-pyrrole nitrogens is 1. The summed E-state index contributed by atoms with van der Waals surface area (Å²) >= 11 is 5.92. The van der Waals surface area contributed by atoms with E-state index in [2.05, 4.69) is 27.6 Å². The van der Waals surface area contributed by atoms with Crippen LogP contribution in [0.5, 0.6) is 0 Å². The molecule has 4 nitrogen and oxygen atoms in total. The smallest absolute Gasteiger partial charge is 0.255 e. The van der Waals surface area contributed by atoms with Gasteiger partial charge in [-0.3, -0.25) is 9.89 Å². The van der Waals surface area contributed by atoms with Crippen molar-refractivity contribution in [3.05, 3.63) is 76.9 Å². The predicted octanol–water partition coefficient (Wildman–Crippen LogP) is 4.48. The zero-order chi connectivity index (χ0) is 17.6. The van der Waals surface area contributed by atoms with Crippen molar-refractivity contribution in [1.82, 2.24) is 15.5 Å². The van der Waals surface area contributed by atoms with Crippen molar-refractivity contribution in [3.8, 4) is 11.3 Å². The Kier molecular flexibility index (Phi) is 5.51. The van der Waals surface area contributed by atoms with E-state index in [0.29, 0.717) is 16.3 Å². The second-order valence-corrected chi connectivity index (χ2v) is 6.50. The fourth-order valence-electron chi connectivity index (χ4n) is 2.70. The van der Waals surface area contributed by atoms with Crippen LogP contribution in [0.15, 0.2) is 60.8 Å². The van der Waals surface area contributed by atoms with Crippen molar-refractivity contribution in [1.29, 1.82) is 0 Å². The second-order valence-electron chi connectivity index (χ2n) is 6.06. The quantitative estimate of drug-likeness (QED) is 0.686. The van der Waals surface area contributed by atoms with Crippen LogP contribution in [-0.2, 0) is 6.42 Å². The number of amides is 1. The molecule has 1 aromatic heterocycles. The van der Waals surface area contributed by atoms with Crippen LogP contribution < -0.4 is 5.32 Å². The van der Waals surface area contributed by atoms with Gasteiger partial charge in [-0.2, -0.15) is 5.10 Å². The Morgan fingerprint density at radius 1 is 1.16 bits per heavy atom. The molecule has 0 unspecified atom stereocenters. The molecule has 0 saturated heterocycles. The normalized spacial score (nSPS) is 11.9. The standard InChI is InChI=1S/C20H20ClN3O/c1-14(7-8-15-5-3-2-4-6-15)23-20(25)18-13-22-24-19(18)16-9-11-17(21)12-10-16/h2-6,9-14H,7-8H2,1H3,(H,22,24)(H,23,25)/t14-/m0/s1. The molecule has 25 heavy (non-hydrogen) atoms. The molecule has 0 aliphatic heterocycles. The third-order valence-corrected chi connectivity index (χ3v) is 4.36. The average molecular weight is 354 g/mol. The number of carbonyl (C=O) groups excluding carboxylic acids is 1. The summed E-state index contributed by atoms with van der Waals surface area (Å²) in [7, 11) is 0. The second kappa shape index (κ2) is 7.99. The summed E-state index contributed by atoms with van der Waals surface area (Å²) in [5.41, 5.74) is 3.39. The van der Waals surface area contributed by atoms with Crippen LogP contribution in [0.4, 0.5) is 0 Å². The minimum Gasteiger partial charge on any atom is -0.349 e. The minimum atomic E-state index is -0.126. The molecule has 2 aromatic carbocycles. The summed E-state index contributed by atoms with van der Waals surface area (Å²) in [6, 6.07) is 17.7. The molecule has 0 aliphatic carbocycles. The third kappa shape index (κ3) is 4.48. The summed E-state index contributed by atoms with van der Waals surface area (Å²) < 4.78 is 0. The summed E-state index contributed by atoms with van der Waals surface area (Å²) in [5, 5.41) is 10.6. The van der Waals surface area contributed by atoms with Gasteiger partial charge in [-0.1, -0.05) is 54.1 Å². The van der Waals surface area contributed by atoms with Crippen LogP contribution in [0.2, 0.25) is 5.02 Å². The first-order chi connectivity index (χ1) is 12.1. The molecule has 1 heterocycles. The van der Waals surface area contributed by atoms with Gasteiger partial charge in [-0.25, -0.2) is 0 Å². The van der Waals surface area contributed by atoms with E-state index in [1.54, 1.807) is 18.3 Å². The number of hydrogen-bond donors (Lipinski definition) is 2. The molecule has 3 aromatic rings. The van der Waals surface area contributed by atoms with Gasteiger partial charge >= 0.3 is 0 Å². The maximum absolute atomic E-state index is 12.6. The lowest BCUT2D eigenvalue weighted by Gasteiger charge is -2.14. The van der Waals surface area contributed by atoms with Crippen LogP contribution in [0.1, 0.15) is 29.3 Å². The number of rotatable bonds is 6. The number of halogens is 1. The van der Waals surface area contributed by atoms with E-state index in [9.17, 15) is 4.79 Å². The Bertz CT molecular complexity index is 828. The van der Waals surface area contributed by atoms with Gasteiger partial charge in [-0.05, 0) is 37.5 Å². The van der Waals surface area contributed by atoms with Crippen LogP contribution >= 0.6 is 11.6 Å². The van der Waals surface area contributed by atoms with Crippen molar-refractivity contribution in [2.75, 3.05) is 0 Å². The zero-order valence-corrected chi connectivity index (χ0v) is 14.8. The molecule has 0 saturated carbocycles. The van der Waals surface area contributed by atoms with Crippen LogP contribution in [0, 0.1) is 0 Å². The number of benzene rings is 2. The number of aryl methyl sites for hydroxylation is 1. The van der Waals surface area contributed by atoms with Crippen molar-refractivity contribution >= 4 is 17.5 Å². The molecule has 3 rings (SSSR count). The lowest BCUT2D eigenvalue weighted by molar-refractivity contribution is 0.0939. The molecular formula is C20H20ClN3O. The summed E-state index contributed by atoms with van der Waals surface area (Å²) in [4.78, 5) is 12.6. The van der Waals surface area contributed by atoms with Gasteiger partial charge in [0.25, 0.3) is 5.91 Å². The molecule has 1 amide bonds. The van der Waals surface area contributed by atoms with Crippen LogP contribution in [0.25, 0.3) is 11.3 Å². The van der Waals surface area contributed by atoms with E-state index in [1.165, 1.54) is 5.56 Å². The lowest BCUT2D eigenvalue weighted by atomic mass is 10.0. The highest BCUT2D eigenvalue weighted by Crippen LogP contribution is 2.23. The first-order valence-electron chi connectivity index (χ1n) is 8.27. The first-order valence-corrected chi connectivity index (χ1v) is 8.65. The Hall–Kier alpha value is -2.59. The molecule has 0 bridgehead atoms. The highest BCUT2D eigenvalue weighted by atomic mass is 35.5. The Labute approximate surface area is 152 Å². The molecule has 0 aliphatic rings. The largest absolute Gasteiger partial charge is 0.349 e. The monoisotopic (exact) mass is 353 g/mol. The number of aromatic nitrogens is 2. The molecular weight excluding hydrogens is 334 g/mol. The molecule has 1 atom stereocenters. The molecule has 0 fully saturated rings. The molecule has 0 radical (unpaired) electrons. The highest BCUT2D eigenvalue weighted by Gasteiger charge is 2.17. The summed E-state index contributed by atoms with van der Waals surface area (Å²) in [6.07, 6.45) is 3.37. The highest BCUT2D eigenvalue weighted by molar-refractivity contribution is 6.30. The predicted molar refractivity (Wildman–Crippen MR) is 101 cm³/mol. The van der Waals surface area contributed by atoms with E-state index < -0.39 is 0 Å². The fraction of sp³-hybridized carbons (Fsp3) is 0.200. The number of hydrogen-bond acceptors (Lipinski definition) is 2. The van der Waals surface area contributed by atoms with Gasteiger partial charge in [-0.15, -0.1) is 0 Å². The van der Waals surface area contributed by atoms with Gasteiger partial charge in [0.15, 0.2) is 0 Å². The average Bonchev–Trinajstić information content (AvgIpc) is 3.11. The maximum Gasteiger partial charge on any atom is 0.255 e. The van der Waals surface area contributed by atoms with E-state index >= 15 is 0 Å². The maximum atomic E-state index is 12.6. The lowest BCUT2D eigenvalue weighted by Crippen LogP contribution is -2.33. The number of aromatic amines is 1. The molecule has 0 spiro atoms. The summed E-state index contributed by atoms with van der Waals surface area (Å²) in [6.45, 7) is 2.02. The molecule has 5 heteroatoms. The number of carbonyl (C=O) groups is 1. The molecule has 2 N–H and O–H groups in total. The van der Waals surface area contributed by atoms with Gasteiger partial charge < -0.3 is 5.32 Å². The van der Waals surface area contributed by atoms with Crippen molar-refractivity contribution in [3.63, 3.8) is 0 Å². The molecule has 128 valence electrons. The number of nitrogens with one attached hydrogen (secondary N) is 2. The van der Waals surface area contributed by atoms with Crippen LogP contribution in [0.3, 0.4) is 0 Å². The van der Waals surface area contributed by atoms with Crippen molar-refractivity contribution < 1.29 is 4.79 Å². The first kappa shape index (κ1) is 17.2. The van der Waals surface area contributed by atoms with Gasteiger partial charge in [0.05, 0.1) is 17.5 Å².